The summed E-state index contributed by atoms with van der Waals surface area (Å²) in [6.07, 6.45) is 1.30. The predicted molar refractivity (Wildman–Crippen MR) is 80.9 cm³/mol. The Labute approximate surface area is 129 Å². The molecule has 2 rings (SSSR count). The number of aromatic nitrogens is 2. The predicted octanol–water partition coefficient (Wildman–Crippen LogP) is 3.01. The Morgan fingerprint density at radius 3 is 2.65 bits per heavy atom. The van der Waals surface area contributed by atoms with Gasteiger partial charge in [-0.15, -0.1) is 5.10 Å². The fraction of sp³-hybridized carbons (Fsp3) is 0.250. The van der Waals surface area contributed by atoms with Gasteiger partial charge in [-0.2, -0.15) is 4.09 Å². The molecule has 0 aliphatic rings. The van der Waals surface area contributed by atoms with E-state index in [9.17, 15) is 12.8 Å². The van der Waals surface area contributed by atoms with E-state index in [-0.39, 0.29) is 11.6 Å². The quantitative estimate of drug-likeness (QED) is 0.728. The molecular weight excluding hydrogens is 398 g/mol. The van der Waals surface area contributed by atoms with Crippen molar-refractivity contribution in [3.8, 4) is 11.6 Å². The molecule has 0 spiro atoms. The minimum absolute atomic E-state index is 0.0924. The summed E-state index contributed by atoms with van der Waals surface area (Å²) >= 11 is 1.86. The molecule has 0 unspecified atom stereocenters. The Morgan fingerprint density at radius 2 is 2.05 bits per heavy atom. The molecule has 0 atom stereocenters. The van der Waals surface area contributed by atoms with Gasteiger partial charge in [0, 0.05) is 21.9 Å². The zero-order valence-electron chi connectivity index (χ0n) is 10.7. The van der Waals surface area contributed by atoms with Crippen LogP contribution in [0.1, 0.15) is 13.8 Å². The SMILES string of the molecule is CC(C)S(=O)(=O)n1ccc(Oc2ccc(I)c(F)c2)n1. The molecule has 0 aliphatic heterocycles. The molecule has 0 saturated heterocycles. The fourth-order valence-corrected chi connectivity index (χ4v) is 2.56. The monoisotopic (exact) mass is 410 g/mol. The Kier molecular flexibility index (Phi) is 4.33. The van der Waals surface area contributed by atoms with Crippen LogP contribution in [-0.2, 0) is 10.0 Å². The third-order valence-corrected chi connectivity index (χ3v) is 5.30. The first-order valence-electron chi connectivity index (χ1n) is 5.73. The summed E-state index contributed by atoms with van der Waals surface area (Å²) in [5.74, 6) is -0.0534. The van der Waals surface area contributed by atoms with Crippen molar-refractivity contribution >= 4 is 32.6 Å². The molecule has 20 heavy (non-hydrogen) atoms. The van der Waals surface area contributed by atoms with Gasteiger partial charge in [0.05, 0.1) is 5.25 Å². The van der Waals surface area contributed by atoms with Crippen molar-refractivity contribution in [1.29, 1.82) is 0 Å². The minimum Gasteiger partial charge on any atom is -0.437 e. The van der Waals surface area contributed by atoms with Gasteiger partial charge in [-0.25, -0.2) is 12.8 Å². The summed E-state index contributed by atoms with van der Waals surface area (Å²) in [5.41, 5.74) is 0. The molecule has 108 valence electrons. The third-order valence-electron chi connectivity index (χ3n) is 2.51. The van der Waals surface area contributed by atoms with Crippen molar-refractivity contribution in [2.45, 2.75) is 19.1 Å². The topological polar surface area (TPSA) is 61.2 Å². The largest absolute Gasteiger partial charge is 0.437 e. The molecule has 0 radical (unpaired) electrons. The van der Waals surface area contributed by atoms with Gasteiger partial charge in [0.1, 0.15) is 11.6 Å². The van der Waals surface area contributed by atoms with Crippen LogP contribution in [0.5, 0.6) is 11.6 Å². The lowest BCUT2D eigenvalue weighted by Gasteiger charge is -2.07. The fourth-order valence-electron chi connectivity index (χ4n) is 1.36. The molecule has 0 aliphatic carbocycles. The molecule has 8 heteroatoms. The number of halogens is 2. The second-order valence-corrected chi connectivity index (χ2v) is 7.81. The van der Waals surface area contributed by atoms with Gasteiger partial charge >= 0.3 is 0 Å². The first kappa shape index (κ1) is 15.2. The molecular formula is C12H12FIN2O3S. The van der Waals surface area contributed by atoms with Crippen molar-refractivity contribution in [2.75, 3.05) is 0 Å². The normalized spacial score (nSPS) is 11.8. The maximum atomic E-state index is 13.4. The molecule has 0 fully saturated rings. The standard InChI is InChI=1S/C12H12FIN2O3S/c1-8(2)20(17,18)16-6-5-12(15-16)19-9-3-4-11(14)10(13)7-9/h3-8H,1-2H3. The molecule has 1 aromatic carbocycles. The highest BCUT2D eigenvalue weighted by Gasteiger charge is 2.20. The number of rotatable bonds is 4. The number of ether oxygens (including phenoxy) is 1. The van der Waals surface area contributed by atoms with Crippen molar-refractivity contribution in [2.24, 2.45) is 0 Å². The first-order chi connectivity index (χ1) is 9.30. The number of hydrogen-bond donors (Lipinski definition) is 0. The van der Waals surface area contributed by atoms with E-state index in [0.29, 0.717) is 3.57 Å². The highest BCUT2D eigenvalue weighted by molar-refractivity contribution is 14.1. The average molecular weight is 410 g/mol. The Morgan fingerprint density at radius 1 is 1.35 bits per heavy atom. The Balaban J connectivity index is 2.24. The van der Waals surface area contributed by atoms with Gasteiger partial charge in [-0.05, 0) is 48.6 Å². The van der Waals surface area contributed by atoms with Crippen LogP contribution in [0.25, 0.3) is 0 Å². The number of nitrogens with zero attached hydrogens (tertiary/aromatic N) is 2. The van der Waals surface area contributed by atoms with Crippen molar-refractivity contribution < 1.29 is 17.5 Å². The van der Waals surface area contributed by atoms with Gasteiger partial charge in [0.25, 0.3) is 10.0 Å². The summed E-state index contributed by atoms with van der Waals surface area (Å²) in [6.45, 7) is 3.12. The van der Waals surface area contributed by atoms with Gasteiger partial charge in [0.15, 0.2) is 0 Å². The number of hydrogen-bond acceptors (Lipinski definition) is 4. The summed E-state index contributed by atoms with van der Waals surface area (Å²) in [4.78, 5) is 0. The molecule has 2 aromatic rings. The summed E-state index contributed by atoms with van der Waals surface area (Å²) in [7, 11) is -3.51. The van der Waals surface area contributed by atoms with Crippen molar-refractivity contribution in [3.05, 3.63) is 39.8 Å². The highest BCUT2D eigenvalue weighted by Crippen LogP contribution is 2.23. The zero-order chi connectivity index (χ0) is 14.9. The molecule has 0 N–H and O–H groups in total. The summed E-state index contributed by atoms with van der Waals surface area (Å²) in [6, 6.07) is 5.78. The molecule has 1 aromatic heterocycles. The Hall–Kier alpha value is -1.16. The van der Waals surface area contributed by atoms with E-state index in [1.807, 2.05) is 22.6 Å². The van der Waals surface area contributed by atoms with E-state index in [1.54, 1.807) is 26.0 Å². The Bertz CT molecular complexity index is 728. The van der Waals surface area contributed by atoms with E-state index in [4.69, 9.17) is 4.74 Å². The van der Waals surface area contributed by atoms with Gasteiger partial charge in [-0.3, -0.25) is 0 Å². The second kappa shape index (κ2) is 5.68. The van der Waals surface area contributed by atoms with Crippen molar-refractivity contribution in [3.63, 3.8) is 0 Å². The summed E-state index contributed by atoms with van der Waals surface area (Å²) < 4.78 is 43.8. The number of benzene rings is 1. The van der Waals surface area contributed by atoms with Crippen LogP contribution in [0, 0.1) is 9.39 Å². The lowest BCUT2D eigenvalue weighted by atomic mass is 10.3. The molecule has 1 heterocycles. The van der Waals surface area contributed by atoms with Crippen LogP contribution < -0.4 is 4.74 Å². The summed E-state index contributed by atoms with van der Waals surface area (Å²) in [5, 5.41) is 3.24. The van der Waals surface area contributed by atoms with Crippen LogP contribution in [0.4, 0.5) is 4.39 Å². The lowest BCUT2D eigenvalue weighted by molar-refractivity contribution is 0.452. The van der Waals surface area contributed by atoms with Crippen LogP contribution in [-0.4, -0.2) is 22.9 Å². The van der Waals surface area contributed by atoms with Gasteiger partial charge in [-0.1, -0.05) is 0 Å². The van der Waals surface area contributed by atoms with Crippen LogP contribution in [0.2, 0.25) is 0 Å². The smallest absolute Gasteiger partial charge is 0.256 e. The molecule has 0 saturated carbocycles. The van der Waals surface area contributed by atoms with E-state index in [0.717, 1.165) is 4.09 Å². The maximum Gasteiger partial charge on any atom is 0.256 e. The van der Waals surface area contributed by atoms with Gasteiger partial charge in [0.2, 0.25) is 5.88 Å². The minimum atomic E-state index is -3.51. The van der Waals surface area contributed by atoms with E-state index in [1.165, 1.54) is 18.3 Å². The first-order valence-corrected chi connectivity index (χ1v) is 8.32. The third kappa shape index (κ3) is 3.11. The van der Waals surface area contributed by atoms with E-state index < -0.39 is 21.1 Å². The molecule has 0 bridgehead atoms. The second-order valence-electron chi connectivity index (χ2n) is 4.30. The average Bonchev–Trinajstić information content (AvgIpc) is 2.83. The van der Waals surface area contributed by atoms with Gasteiger partial charge < -0.3 is 4.74 Å². The molecule has 0 amide bonds. The van der Waals surface area contributed by atoms with Crippen LogP contribution in [0.15, 0.2) is 30.5 Å². The van der Waals surface area contributed by atoms with Crippen LogP contribution in [0.3, 0.4) is 0 Å². The highest BCUT2D eigenvalue weighted by atomic mass is 127. The van der Waals surface area contributed by atoms with E-state index >= 15 is 0 Å². The zero-order valence-corrected chi connectivity index (χ0v) is 13.7. The van der Waals surface area contributed by atoms with E-state index in [2.05, 4.69) is 5.10 Å². The van der Waals surface area contributed by atoms with Crippen LogP contribution >= 0.6 is 22.6 Å². The lowest BCUT2D eigenvalue weighted by Crippen LogP contribution is -2.22. The maximum absolute atomic E-state index is 13.4. The molecule has 5 nitrogen and oxygen atoms in total. The van der Waals surface area contributed by atoms with Crippen molar-refractivity contribution in [1.82, 2.24) is 9.19 Å².